The number of likely N-dealkylation sites (tertiary alicyclic amines) is 1. The highest BCUT2D eigenvalue weighted by atomic mass is 16.6. The number of benzene rings is 1. The summed E-state index contributed by atoms with van der Waals surface area (Å²) in [6.07, 6.45) is 1.10. The Morgan fingerprint density at radius 1 is 1.35 bits per heavy atom. The van der Waals surface area contributed by atoms with Crippen molar-refractivity contribution in [2.24, 2.45) is 0 Å². The van der Waals surface area contributed by atoms with E-state index in [1.807, 2.05) is 0 Å². The SMILES string of the molecule is CCOC(=O)N1CCC(NC(=O)c2ccc(OC)cc2N)CC1. The van der Waals surface area contributed by atoms with Crippen LogP contribution >= 0.6 is 0 Å². The van der Waals surface area contributed by atoms with Gasteiger partial charge >= 0.3 is 6.09 Å². The van der Waals surface area contributed by atoms with E-state index < -0.39 is 0 Å². The third-order valence-electron chi connectivity index (χ3n) is 3.86. The molecular weight excluding hydrogens is 298 g/mol. The molecule has 3 N–H and O–H groups in total. The molecule has 0 saturated carbocycles. The van der Waals surface area contributed by atoms with Gasteiger partial charge in [-0.3, -0.25) is 4.79 Å². The van der Waals surface area contributed by atoms with Crippen molar-refractivity contribution in [1.82, 2.24) is 10.2 Å². The van der Waals surface area contributed by atoms with E-state index >= 15 is 0 Å². The van der Waals surface area contributed by atoms with Crippen LogP contribution in [0.3, 0.4) is 0 Å². The molecule has 2 rings (SSSR count). The fourth-order valence-corrected chi connectivity index (χ4v) is 2.56. The van der Waals surface area contributed by atoms with Crippen LogP contribution in [0, 0.1) is 0 Å². The van der Waals surface area contributed by atoms with Crippen LogP contribution in [0.2, 0.25) is 0 Å². The number of hydrogen-bond acceptors (Lipinski definition) is 5. The first-order chi connectivity index (χ1) is 11.0. The molecule has 0 unspecified atom stereocenters. The van der Waals surface area contributed by atoms with Gasteiger partial charge in [0.2, 0.25) is 0 Å². The first kappa shape index (κ1) is 16.9. The van der Waals surface area contributed by atoms with Crippen LogP contribution in [0.5, 0.6) is 5.75 Å². The molecule has 7 nitrogen and oxygen atoms in total. The quantitative estimate of drug-likeness (QED) is 0.822. The predicted molar refractivity (Wildman–Crippen MR) is 86.5 cm³/mol. The summed E-state index contributed by atoms with van der Waals surface area (Å²) in [6.45, 7) is 3.29. The minimum absolute atomic E-state index is 0.0229. The van der Waals surface area contributed by atoms with E-state index in [4.69, 9.17) is 15.2 Å². The first-order valence-electron chi connectivity index (χ1n) is 7.71. The maximum atomic E-state index is 12.3. The number of ether oxygens (including phenoxy) is 2. The summed E-state index contributed by atoms with van der Waals surface area (Å²) in [5.41, 5.74) is 6.70. The van der Waals surface area contributed by atoms with Gasteiger partial charge in [0.25, 0.3) is 5.91 Å². The van der Waals surface area contributed by atoms with E-state index in [2.05, 4.69) is 5.32 Å². The van der Waals surface area contributed by atoms with Crippen molar-refractivity contribution in [1.29, 1.82) is 0 Å². The first-order valence-corrected chi connectivity index (χ1v) is 7.71. The molecule has 7 heteroatoms. The average molecular weight is 321 g/mol. The van der Waals surface area contributed by atoms with Crippen molar-refractivity contribution in [3.8, 4) is 5.75 Å². The fourth-order valence-electron chi connectivity index (χ4n) is 2.56. The lowest BCUT2D eigenvalue weighted by atomic mass is 10.0. The number of piperidine rings is 1. The van der Waals surface area contributed by atoms with Crippen LogP contribution in [0.1, 0.15) is 30.1 Å². The molecule has 0 bridgehead atoms. The van der Waals surface area contributed by atoms with Gasteiger partial charge < -0.3 is 25.4 Å². The molecule has 1 heterocycles. The van der Waals surface area contributed by atoms with E-state index in [1.54, 1.807) is 37.1 Å². The lowest BCUT2D eigenvalue weighted by molar-refractivity contribution is 0.0860. The molecule has 0 aromatic heterocycles. The molecule has 0 radical (unpaired) electrons. The molecule has 1 saturated heterocycles. The molecule has 1 aromatic carbocycles. The number of rotatable bonds is 4. The van der Waals surface area contributed by atoms with Crippen molar-refractivity contribution in [2.45, 2.75) is 25.8 Å². The van der Waals surface area contributed by atoms with Gasteiger partial charge in [-0.2, -0.15) is 0 Å². The number of nitrogens with two attached hydrogens (primary N) is 1. The number of methoxy groups -OCH3 is 1. The molecule has 0 atom stereocenters. The largest absolute Gasteiger partial charge is 0.497 e. The van der Waals surface area contributed by atoms with E-state index in [9.17, 15) is 9.59 Å². The van der Waals surface area contributed by atoms with Crippen LogP contribution in [-0.2, 0) is 4.74 Å². The Labute approximate surface area is 135 Å². The summed E-state index contributed by atoms with van der Waals surface area (Å²) in [4.78, 5) is 25.6. The number of carbonyl (C=O) groups excluding carboxylic acids is 2. The van der Waals surface area contributed by atoms with E-state index in [1.165, 1.54) is 0 Å². The van der Waals surface area contributed by atoms with Crippen LogP contribution < -0.4 is 15.8 Å². The number of carbonyl (C=O) groups is 2. The van der Waals surface area contributed by atoms with Crippen LogP contribution in [0.15, 0.2) is 18.2 Å². The topological polar surface area (TPSA) is 93.9 Å². The van der Waals surface area contributed by atoms with Crippen molar-refractivity contribution in [3.63, 3.8) is 0 Å². The van der Waals surface area contributed by atoms with E-state index in [0.29, 0.717) is 49.5 Å². The minimum Gasteiger partial charge on any atom is -0.497 e. The number of nitrogens with zero attached hydrogens (tertiary/aromatic N) is 1. The summed E-state index contributed by atoms with van der Waals surface area (Å²) in [7, 11) is 1.55. The summed E-state index contributed by atoms with van der Waals surface area (Å²) in [5, 5.41) is 2.97. The van der Waals surface area contributed by atoms with Gasteiger partial charge in [0, 0.05) is 30.9 Å². The Bertz CT molecular complexity index is 568. The molecular formula is C16H23N3O4. The van der Waals surface area contributed by atoms with Gasteiger partial charge in [0.05, 0.1) is 19.3 Å². The molecule has 1 fully saturated rings. The Hall–Kier alpha value is -2.44. The van der Waals surface area contributed by atoms with Crippen molar-refractivity contribution in [3.05, 3.63) is 23.8 Å². The monoisotopic (exact) mass is 321 g/mol. The minimum atomic E-state index is -0.295. The number of anilines is 1. The van der Waals surface area contributed by atoms with Crippen molar-refractivity contribution in [2.75, 3.05) is 32.5 Å². The summed E-state index contributed by atoms with van der Waals surface area (Å²) < 4.78 is 10.0. The normalized spacial score (nSPS) is 15.1. The summed E-state index contributed by atoms with van der Waals surface area (Å²) in [5.74, 6) is 0.404. The zero-order valence-electron chi connectivity index (χ0n) is 13.5. The third-order valence-corrected chi connectivity index (χ3v) is 3.86. The average Bonchev–Trinajstić information content (AvgIpc) is 2.55. The van der Waals surface area contributed by atoms with Gasteiger partial charge in [0.15, 0.2) is 0 Å². The van der Waals surface area contributed by atoms with Crippen LogP contribution in [0.4, 0.5) is 10.5 Å². The number of nitrogens with one attached hydrogen (secondary N) is 1. The Balaban J connectivity index is 1.89. The van der Waals surface area contributed by atoms with Crippen LogP contribution in [-0.4, -0.2) is 49.7 Å². The molecule has 2 amide bonds. The second-order valence-corrected chi connectivity index (χ2v) is 5.39. The molecule has 1 aromatic rings. The smallest absolute Gasteiger partial charge is 0.409 e. The molecule has 1 aliphatic heterocycles. The van der Waals surface area contributed by atoms with E-state index in [0.717, 1.165) is 0 Å². The summed E-state index contributed by atoms with van der Waals surface area (Å²) in [6, 6.07) is 5.00. The van der Waals surface area contributed by atoms with Gasteiger partial charge in [-0.15, -0.1) is 0 Å². The fraction of sp³-hybridized carbons (Fsp3) is 0.500. The van der Waals surface area contributed by atoms with Gasteiger partial charge in [-0.25, -0.2) is 4.79 Å². The predicted octanol–water partition coefficient (Wildman–Crippen LogP) is 1.63. The lowest BCUT2D eigenvalue weighted by Crippen LogP contribution is -2.46. The summed E-state index contributed by atoms with van der Waals surface area (Å²) >= 11 is 0. The Morgan fingerprint density at radius 3 is 2.61 bits per heavy atom. The second kappa shape index (κ2) is 7.71. The number of amides is 2. The standard InChI is InChI=1S/C16H23N3O4/c1-3-23-16(21)19-8-6-11(7-9-19)18-15(20)13-5-4-12(22-2)10-14(13)17/h4-5,10-11H,3,6-9,17H2,1-2H3,(H,18,20). The Morgan fingerprint density at radius 2 is 2.04 bits per heavy atom. The maximum absolute atomic E-state index is 12.3. The molecule has 1 aliphatic rings. The van der Waals surface area contributed by atoms with Crippen molar-refractivity contribution < 1.29 is 19.1 Å². The number of nitrogen functional groups attached to an aromatic ring is 1. The maximum Gasteiger partial charge on any atom is 0.409 e. The van der Waals surface area contributed by atoms with Crippen molar-refractivity contribution >= 4 is 17.7 Å². The highest BCUT2D eigenvalue weighted by Crippen LogP contribution is 2.20. The number of hydrogen-bond donors (Lipinski definition) is 2. The molecule has 23 heavy (non-hydrogen) atoms. The molecule has 0 spiro atoms. The zero-order valence-corrected chi connectivity index (χ0v) is 13.5. The van der Waals surface area contributed by atoms with E-state index in [-0.39, 0.29) is 18.0 Å². The van der Waals surface area contributed by atoms with Gasteiger partial charge in [-0.1, -0.05) is 0 Å². The van der Waals surface area contributed by atoms with Gasteiger partial charge in [-0.05, 0) is 31.9 Å². The van der Waals surface area contributed by atoms with Gasteiger partial charge in [0.1, 0.15) is 5.75 Å². The third kappa shape index (κ3) is 4.28. The molecule has 126 valence electrons. The molecule has 0 aliphatic carbocycles. The highest BCUT2D eigenvalue weighted by Gasteiger charge is 2.25. The zero-order chi connectivity index (χ0) is 16.8. The lowest BCUT2D eigenvalue weighted by Gasteiger charge is -2.31. The van der Waals surface area contributed by atoms with Crippen LogP contribution in [0.25, 0.3) is 0 Å². The Kier molecular flexibility index (Phi) is 5.67. The second-order valence-electron chi connectivity index (χ2n) is 5.39. The highest BCUT2D eigenvalue weighted by molar-refractivity contribution is 5.99.